The van der Waals surface area contributed by atoms with Gasteiger partial charge in [-0.25, -0.2) is 4.57 Å². The fourth-order valence-corrected chi connectivity index (χ4v) is 1.73. The summed E-state index contributed by atoms with van der Waals surface area (Å²) in [7, 11) is -3.00. The molecule has 22 heavy (non-hydrogen) atoms. The quantitative estimate of drug-likeness (QED) is 0.337. The molecule has 0 bridgehead atoms. The zero-order valence-corrected chi connectivity index (χ0v) is 14.5. The summed E-state index contributed by atoms with van der Waals surface area (Å²) < 4.78 is 35.5. The van der Waals surface area contributed by atoms with Crippen LogP contribution in [0.1, 0.15) is 20.3 Å². The van der Waals surface area contributed by atoms with E-state index in [1.54, 1.807) is 0 Å². The zero-order chi connectivity index (χ0) is 16.8. The van der Waals surface area contributed by atoms with Gasteiger partial charge < -0.3 is 24.2 Å². The second kappa shape index (κ2) is 13.4. The molecular weight excluding hydrogens is 315 g/mol. The first kappa shape index (κ1) is 21.9. The van der Waals surface area contributed by atoms with Gasteiger partial charge in [0.1, 0.15) is 6.10 Å². The minimum absolute atomic E-state index is 0.0159. The molecule has 9 heteroatoms. The van der Waals surface area contributed by atoms with E-state index in [1.165, 1.54) is 0 Å². The van der Waals surface area contributed by atoms with Crippen LogP contribution in [0.5, 0.6) is 0 Å². The maximum atomic E-state index is 11.0. The molecule has 0 aromatic carbocycles. The van der Waals surface area contributed by atoms with Crippen LogP contribution in [0.4, 0.5) is 0 Å². The van der Waals surface area contributed by atoms with Crippen molar-refractivity contribution in [1.29, 1.82) is 0 Å². The highest BCUT2D eigenvalue weighted by atomic mass is 31.2. The molecule has 0 spiro atoms. The number of aliphatic hydroxyl groups excluding tert-OH is 1. The van der Waals surface area contributed by atoms with Crippen molar-refractivity contribution in [3.63, 3.8) is 0 Å². The molecule has 0 aliphatic heterocycles. The molecular formula is C13H29O8P. The molecule has 0 fully saturated rings. The van der Waals surface area contributed by atoms with Crippen molar-refractivity contribution in [3.8, 4) is 0 Å². The van der Waals surface area contributed by atoms with E-state index < -0.39 is 13.9 Å². The summed E-state index contributed by atoms with van der Waals surface area (Å²) in [6.07, 6.45) is 0.0300. The lowest BCUT2D eigenvalue weighted by atomic mass is 10.1. The summed E-state index contributed by atoms with van der Waals surface area (Å²) in [5.41, 5.74) is 0. The van der Waals surface area contributed by atoms with E-state index in [2.05, 4.69) is 22.9 Å². The summed E-state index contributed by atoms with van der Waals surface area (Å²) in [6, 6.07) is 0. The smallest absolute Gasteiger partial charge is 0.388 e. The summed E-state index contributed by atoms with van der Waals surface area (Å²) in [5.74, 6) is 0.633. The molecule has 0 rings (SSSR count). The molecule has 0 aliphatic rings. The van der Waals surface area contributed by atoms with Crippen molar-refractivity contribution in [2.24, 2.45) is 5.92 Å². The Bertz CT molecular complexity index is 300. The summed E-state index contributed by atoms with van der Waals surface area (Å²) >= 11 is 0. The molecule has 2 unspecified atom stereocenters. The minimum Gasteiger partial charge on any atom is -0.388 e. The molecule has 8 nitrogen and oxygen atoms in total. The van der Waals surface area contributed by atoms with Crippen LogP contribution in [0.2, 0.25) is 0 Å². The molecule has 0 aliphatic carbocycles. The van der Waals surface area contributed by atoms with Gasteiger partial charge in [0.05, 0.1) is 39.6 Å². The van der Waals surface area contributed by atoms with Gasteiger partial charge in [0.25, 0.3) is 0 Å². The molecule has 2 N–H and O–H groups in total. The van der Waals surface area contributed by atoms with E-state index in [-0.39, 0.29) is 13.2 Å². The van der Waals surface area contributed by atoms with Crippen LogP contribution < -0.4 is 0 Å². The predicted octanol–water partition coefficient (Wildman–Crippen LogP) is 1.21. The van der Waals surface area contributed by atoms with Crippen LogP contribution in [0.3, 0.4) is 0 Å². The first-order chi connectivity index (χ1) is 10.4. The van der Waals surface area contributed by atoms with Crippen LogP contribution in [-0.4, -0.2) is 69.5 Å². The number of phosphoric ester groups is 1. The van der Waals surface area contributed by atoms with Crippen molar-refractivity contribution < 1.29 is 37.8 Å². The Kier molecular flexibility index (Phi) is 13.4. The van der Waals surface area contributed by atoms with Gasteiger partial charge in [-0.05, 0) is 12.3 Å². The van der Waals surface area contributed by atoms with Crippen LogP contribution in [0, 0.1) is 5.92 Å². The number of rotatable bonds is 15. The Hall–Kier alpha value is -0.0500. The Morgan fingerprint density at radius 1 is 0.955 bits per heavy atom. The standard InChI is InChI=1S/C13H29O8P/c1-12(2)4-5-18-6-7-19-8-9-20-10-13(14)11-21-22(15,16)17-3/h12-14H,4-11H2,1-3H3,(H,15,16). The monoisotopic (exact) mass is 344 g/mol. The fraction of sp³-hybridized carbons (Fsp3) is 1.00. The number of phosphoric acid groups is 1. The summed E-state index contributed by atoms with van der Waals surface area (Å²) in [6.45, 7) is 6.41. The van der Waals surface area contributed by atoms with Gasteiger partial charge in [0.2, 0.25) is 0 Å². The van der Waals surface area contributed by atoms with Gasteiger partial charge >= 0.3 is 7.82 Å². The average molecular weight is 344 g/mol. The average Bonchev–Trinajstić information content (AvgIpc) is 2.47. The van der Waals surface area contributed by atoms with Crippen molar-refractivity contribution >= 4 is 7.82 Å². The van der Waals surface area contributed by atoms with Crippen LogP contribution >= 0.6 is 7.82 Å². The molecule has 0 radical (unpaired) electrons. The highest BCUT2D eigenvalue weighted by Crippen LogP contribution is 2.41. The molecule has 2 atom stereocenters. The highest BCUT2D eigenvalue weighted by Gasteiger charge is 2.20. The molecule has 0 aromatic heterocycles. The van der Waals surface area contributed by atoms with Gasteiger partial charge in [0.15, 0.2) is 0 Å². The topological polar surface area (TPSA) is 104 Å². The van der Waals surface area contributed by atoms with Crippen molar-refractivity contribution in [2.45, 2.75) is 26.4 Å². The summed E-state index contributed by atoms with van der Waals surface area (Å²) in [4.78, 5) is 8.96. The van der Waals surface area contributed by atoms with E-state index >= 15 is 0 Å². The van der Waals surface area contributed by atoms with Gasteiger partial charge in [-0.1, -0.05) is 13.8 Å². The Labute approximate surface area is 132 Å². The van der Waals surface area contributed by atoms with Crippen LogP contribution in [0.15, 0.2) is 0 Å². The van der Waals surface area contributed by atoms with Gasteiger partial charge in [0, 0.05) is 13.7 Å². The third-order valence-electron chi connectivity index (χ3n) is 2.55. The lowest BCUT2D eigenvalue weighted by molar-refractivity contribution is -0.0235. The Morgan fingerprint density at radius 3 is 2.05 bits per heavy atom. The molecule has 0 aromatic rings. The van der Waals surface area contributed by atoms with E-state index in [0.717, 1.165) is 20.1 Å². The second-order valence-corrected chi connectivity index (χ2v) is 6.64. The third-order valence-corrected chi connectivity index (χ3v) is 3.49. The van der Waals surface area contributed by atoms with Crippen molar-refractivity contribution in [1.82, 2.24) is 0 Å². The molecule has 0 heterocycles. The fourth-order valence-electron chi connectivity index (χ4n) is 1.26. The second-order valence-electron chi connectivity index (χ2n) is 5.08. The van der Waals surface area contributed by atoms with Gasteiger partial charge in [-0.15, -0.1) is 0 Å². The zero-order valence-electron chi connectivity index (χ0n) is 13.6. The number of ether oxygens (including phenoxy) is 3. The molecule has 0 saturated carbocycles. The van der Waals surface area contributed by atoms with E-state index in [1.807, 2.05) is 0 Å². The van der Waals surface area contributed by atoms with E-state index in [0.29, 0.717) is 32.3 Å². The maximum absolute atomic E-state index is 11.0. The largest absolute Gasteiger partial charge is 0.472 e. The third kappa shape index (κ3) is 14.9. The molecule has 134 valence electrons. The first-order valence-electron chi connectivity index (χ1n) is 7.31. The lowest BCUT2D eigenvalue weighted by Crippen LogP contribution is -2.22. The molecule has 0 saturated heterocycles. The van der Waals surface area contributed by atoms with E-state index in [4.69, 9.17) is 19.1 Å². The van der Waals surface area contributed by atoms with Gasteiger partial charge in [-0.3, -0.25) is 9.05 Å². The highest BCUT2D eigenvalue weighted by molar-refractivity contribution is 7.47. The minimum atomic E-state index is -4.05. The van der Waals surface area contributed by atoms with Crippen molar-refractivity contribution in [2.75, 3.05) is 53.4 Å². The van der Waals surface area contributed by atoms with Gasteiger partial charge in [-0.2, -0.15) is 0 Å². The van der Waals surface area contributed by atoms with Crippen LogP contribution in [-0.2, 0) is 27.8 Å². The Balaban J connectivity index is 3.30. The first-order valence-corrected chi connectivity index (χ1v) is 8.81. The van der Waals surface area contributed by atoms with Crippen molar-refractivity contribution in [3.05, 3.63) is 0 Å². The summed E-state index contributed by atoms with van der Waals surface area (Å²) in [5, 5.41) is 9.45. The molecule has 0 amide bonds. The number of hydrogen-bond donors (Lipinski definition) is 2. The predicted molar refractivity (Wildman–Crippen MR) is 80.7 cm³/mol. The van der Waals surface area contributed by atoms with E-state index in [9.17, 15) is 9.67 Å². The lowest BCUT2D eigenvalue weighted by Gasteiger charge is -2.14. The normalized spacial score (nSPS) is 15.9. The van der Waals surface area contributed by atoms with Crippen LogP contribution in [0.25, 0.3) is 0 Å². The number of aliphatic hydroxyl groups is 1. The maximum Gasteiger partial charge on any atom is 0.472 e. The Morgan fingerprint density at radius 2 is 1.50 bits per heavy atom. The number of hydrogen-bond acceptors (Lipinski definition) is 7. The SMILES string of the molecule is COP(=O)(O)OCC(O)COCCOCCOCCC(C)C.